The number of benzene rings is 1. The zero-order valence-corrected chi connectivity index (χ0v) is 15.5. The second-order valence-corrected chi connectivity index (χ2v) is 9.14. The Morgan fingerprint density at radius 3 is 2.28 bits per heavy atom. The lowest BCUT2D eigenvalue weighted by atomic mass is 9.73. The summed E-state index contributed by atoms with van der Waals surface area (Å²) in [6, 6.07) is 12.8. The Bertz CT molecular complexity index is 864. The summed E-state index contributed by atoms with van der Waals surface area (Å²) < 4.78 is 0.145. The van der Waals surface area contributed by atoms with Crippen molar-refractivity contribution in [1.29, 1.82) is 10.5 Å². The number of hydrogen-bond acceptors (Lipinski definition) is 3. The van der Waals surface area contributed by atoms with E-state index < -0.39 is 5.41 Å². The van der Waals surface area contributed by atoms with Crippen LogP contribution in [0.1, 0.15) is 26.3 Å². The van der Waals surface area contributed by atoms with E-state index in [1.165, 1.54) is 4.90 Å². The Labute approximate surface area is 153 Å². The van der Waals surface area contributed by atoms with Crippen molar-refractivity contribution in [3.8, 4) is 12.1 Å². The van der Waals surface area contributed by atoms with Crippen LogP contribution >= 0.6 is 11.8 Å². The minimum atomic E-state index is -1.17. The summed E-state index contributed by atoms with van der Waals surface area (Å²) in [6.07, 6.45) is 11.7. The van der Waals surface area contributed by atoms with Gasteiger partial charge in [-0.05, 0) is 28.8 Å². The first kappa shape index (κ1) is 17.3. The number of fused-ring (bicyclic) bond motifs is 1. The van der Waals surface area contributed by atoms with Gasteiger partial charge in [0.25, 0.3) is 0 Å². The first-order valence-electron chi connectivity index (χ1n) is 8.29. The normalized spacial score (nSPS) is 20.8. The number of nitrogens with zero attached hydrogens (tertiary/aromatic N) is 2. The van der Waals surface area contributed by atoms with E-state index >= 15 is 0 Å². The Hall–Kier alpha value is -2.49. The van der Waals surface area contributed by atoms with Crippen LogP contribution in [-0.2, 0) is 0 Å². The lowest BCUT2D eigenvalue weighted by molar-refractivity contribution is 0.578. The lowest BCUT2D eigenvalue weighted by Gasteiger charge is -2.23. The van der Waals surface area contributed by atoms with E-state index in [1.54, 1.807) is 11.8 Å². The van der Waals surface area contributed by atoms with Crippen LogP contribution in [0.4, 0.5) is 0 Å². The predicted octanol–water partition coefficient (Wildman–Crippen LogP) is 5.68. The average Bonchev–Trinajstić information content (AvgIpc) is 2.70. The predicted molar refractivity (Wildman–Crippen MR) is 104 cm³/mol. The van der Waals surface area contributed by atoms with Gasteiger partial charge in [-0.15, -0.1) is 11.8 Å². The van der Waals surface area contributed by atoms with E-state index in [1.807, 2.05) is 48.6 Å². The van der Waals surface area contributed by atoms with Crippen molar-refractivity contribution in [2.24, 2.45) is 11.3 Å². The van der Waals surface area contributed by atoms with Crippen molar-refractivity contribution in [3.05, 3.63) is 71.9 Å². The Morgan fingerprint density at radius 1 is 1.00 bits per heavy atom. The summed E-state index contributed by atoms with van der Waals surface area (Å²) in [6.45, 7) is 6.55. The molecule has 25 heavy (non-hydrogen) atoms. The zero-order valence-electron chi connectivity index (χ0n) is 14.7. The molecule has 2 aliphatic rings. The van der Waals surface area contributed by atoms with Crippen molar-refractivity contribution in [2.75, 3.05) is 0 Å². The molecule has 0 aromatic heterocycles. The van der Waals surface area contributed by atoms with Gasteiger partial charge in [0.15, 0.2) is 5.41 Å². The molecule has 1 atom stereocenters. The molecule has 0 spiro atoms. The maximum Gasteiger partial charge on any atom is 0.179 e. The van der Waals surface area contributed by atoms with Crippen molar-refractivity contribution in [3.63, 3.8) is 0 Å². The van der Waals surface area contributed by atoms with Crippen LogP contribution in [-0.4, -0.2) is 4.75 Å². The molecule has 3 rings (SSSR count). The van der Waals surface area contributed by atoms with Gasteiger partial charge in [0, 0.05) is 15.6 Å². The fraction of sp³-hybridized carbons (Fsp3) is 0.273. The molecule has 1 unspecified atom stereocenters. The third kappa shape index (κ3) is 3.21. The molecule has 0 radical (unpaired) electrons. The summed E-state index contributed by atoms with van der Waals surface area (Å²) >= 11 is 1.81. The van der Waals surface area contributed by atoms with Crippen molar-refractivity contribution < 1.29 is 0 Å². The van der Waals surface area contributed by atoms with Gasteiger partial charge < -0.3 is 0 Å². The average molecular weight is 344 g/mol. The Balaban J connectivity index is 2.04. The van der Waals surface area contributed by atoms with Crippen LogP contribution in [0.5, 0.6) is 0 Å². The van der Waals surface area contributed by atoms with Crippen molar-refractivity contribution in [1.82, 2.24) is 0 Å². The number of thioether (sulfide) groups is 1. The van der Waals surface area contributed by atoms with Crippen LogP contribution in [0, 0.1) is 34.0 Å². The largest absolute Gasteiger partial charge is 0.196 e. The molecule has 0 saturated carbocycles. The summed E-state index contributed by atoms with van der Waals surface area (Å²) in [5.41, 5.74) is 1.57. The maximum absolute atomic E-state index is 9.89. The third-order valence-electron chi connectivity index (χ3n) is 4.32. The summed E-state index contributed by atoms with van der Waals surface area (Å²) in [4.78, 5) is 1.19. The van der Waals surface area contributed by atoms with Crippen LogP contribution in [0.3, 0.4) is 0 Å². The molecule has 124 valence electrons. The standard InChI is InChI=1S/C22H20N2S/c1-21(2,3)25-18-11-9-16(10-12-18)20-13-17-7-5-4-6-8-19(17)22(20,14-23)15-24/h4-13,19H,1-3H3. The van der Waals surface area contributed by atoms with E-state index in [0.29, 0.717) is 0 Å². The second kappa shape index (κ2) is 6.43. The van der Waals surface area contributed by atoms with Gasteiger partial charge in [-0.1, -0.05) is 69.4 Å². The monoisotopic (exact) mass is 344 g/mol. The second-order valence-electron chi connectivity index (χ2n) is 7.24. The molecule has 3 heteroatoms. The highest BCUT2D eigenvalue weighted by Gasteiger charge is 2.48. The number of hydrogen-bond donors (Lipinski definition) is 0. The summed E-state index contributed by atoms with van der Waals surface area (Å²) in [5.74, 6) is -0.226. The van der Waals surface area contributed by atoms with E-state index in [9.17, 15) is 10.5 Å². The molecule has 1 aromatic carbocycles. The molecule has 1 aromatic rings. The quantitative estimate of drug-likeness (QED) is 0.649. The van der Waals surface area contributed by atoms with E-state index in [0.717, 1.165) is 16.7 Å². The molecule has 0 fully saturated rings. The van der Waals surface area contributed by atoms with Gasteiger partial charge in [-0.2, -0.15) is 10.5 Å². The highest BCUT2D eigenvalue weighted by atomic mass is 32.2. The summed E-state index contributed by atoms with van der Waals surface area (Å²) in [5, 5.41) is 19.8. The van der Waals surface area contributed by atoms with Gasteiger partial charge in [-0.3, -0.25) is 0 Å². The molecule has 0 saturated heterocycles. The first-order chi connectivity index (χ1) is 11.9. The molecular weight excluding hydrogens is 324 g/mol. The Kier molecular flexibility index (Phi) is 4.46. The number of rotatable bonds is 2. The molecule has 2 aliphatic carbocycles. The molecule has 0 bridgehead atoms. The SMILES string of the molecule is CC(C)(C)Sc1ccc(C2=CC3=CC=CC=CC3C2(C#N)C#N)cc1. The summed E-state index contributed by atoms with van der Waals surface area (Å²) in [7, 11) is 0. The van der Waals surface area contributed by atoms with Crippen LogP contribution in [0.25, 0.3) is 5.57 Å². The lowest BCUT2D eigenvalue weighted by Crippen LogP contribution is -2.24. The van der Waals surface area contributed by atoms with E-state index in [4.69, 9.17) is 0 Å². The van der Waals surface area contributed by atoms with Crippen LogP contribution in [0.2, 0.25) is 0 Å². The molecular formula is C22H20N2S. The Morgan fingerprint density at radius 2 is 1.68 bits per heavy atom. The van der Waals surface area contributed by atoms with Gasteiger partial charge in [-0.25, -0.2) is 0 Å². The van der Waals surface area contributed by atoms with Gasteiger partial charge >= 0.3 is 0 Å². The molecule has 0 N–H and O–H groups in total. The van der Waals surface area contributed by atoms with Gasteiger partial charge in [0.1, 0.15) is 0 Å². The number of nitriles is 2. The fourth-order valence-corrected chi connectivity index (χ4v) is 4.23. The highest BCUT2D eigenvalue weighted by Crippen LogP contribution is 2.51. The fourth-order valence-electron chi connectivity index (χ4n) is 3.25. The highest BCUT2D eigenvalue weighted by molar-refractivity contribution is 8.00. The minimum Gasteiger partial charge on any atom is -0.196 e. The minimum absolute atomic E-state index is 0.145. The van der Waals surface area contributed by atoms with E-state index in [2.05, 4.69) is 45.0 Å². The zero-order chi connectivity index (χ0) is 18.1. The van der Waals surface area contributed by atoms with Crippen molar-refractivity contribution >= 4 is 17.3 Å². The van der Waals surface area contributed by atoms with Gasteiger partial charge in [0.2, 0.25) is 0 Å². The van der Waals surface area contributed by atoms with Gasteiger partial charge in [0.05, 0.1) is 12.1 Å². The molecule has 0 amide bonds. The molecule has 2 nitrogen and oxygen atoms in total. The maximum atomic E-state index is 9.89. The molecule has 0 aliphatic heterocycles. The topological polar surface area (TPSA) is 47.6 Å². The van der Waals surface area contributed by atoms with E-state index in [-0.39, 0.29) is 10.7 Å². The number of allylic oxidation sites excluding steroid dienone is 8. The third-order valence-corrected chi connectivity index (χ3v) is 5.44. The van der Waals surface area contributed by atoms with Crippen LogP contribution < -0.4 is 0 Å². The van der Waals surface area contributed by atoms with Crippen molar-refractivity contribution in [2.45, 2.75) is 30.4 Å². The molecule has 0 heterocycles. The smallest absolute Gasteiger partial charge is 0.179 e. The first-order valence-corrected chi connectivity index (χ1v) is 9.10. The van der Waals surface area contributed by atoms with Crippen LogP contribution in [0.15, 0.2) is 71.2 Å².